The van der Waals surface area contributed by atoms with Gasteiger partial charge < -0.3 is 5.73 Å². The van der Waals surface area contributed by atoms with Crippen LogP contribution in [0.2, 0.25) is 0 Å². The number of rotatable bonds is 1. The number of hydrogen-bond acceptors (Lipinski definition) is 4. The maximum absolute atomic E-state index is 5.27. The third-order valence-electron chi connectivity index (χ3n) is 0.781. The van der Waals surface area contributed by atoms with Crippen LogP contribution < -0.4 is 5.73 Å². The summed E-state index contributed by atoms with van der Waals surface area (Å²) < 4.78 is 0. The van der Waals surface area contributed by atoms with Crippen molar-refractivity contribution < 1.29 is 0 Å². The van der Waals surface area contributed by atoms with Crippen molar-refractivity contribution in [1.29, 1.82) is 0 Å². The van der Waals surface area contributed by atoms with Crippen molar-refractivity contribution in [2.45, 2.75) is 0 Å². The van der Waals surface area contributed by atoms with Crippen LogP contribution in [0.25, 0.3) is 5.70 Å². The molecule has 1 rings (SSSR count). The van der Waals surface area contributed by atoms with Crippen molar-refractivity contribution in [3.05, 3.63) is 25.1 Å². The molecule has 2 N–H and O–H groups in total. The summed E-state index contributed by atoms with van der Waals surface area (Å²) >= 11 is 0. The zero-order valence-electron chi connectivity index (χ0n) is 4.78. The monoisotopic (exact) mass is 122 g/mol. The highest BCUT2D eigenvalue weighted by Gasteiger charge is 1.91. The molecule has 0 saturated heterocycles. The van der Waals surface area contributed by atoms with Crippen LogP contribution in [0.5, 0.6) is 0 Å². The summed E-state index contributed by atoms with van der Waals surface area (Å²) in [5, 5.41) is 0. The van der Waals surface area contributed by atoms with Crippen molar-refractivity contribution in [3.8, 4) is 0 Å². The topological polar surface area (TPSA) is 64.7 Å². The van der Waals surface area contributed by atoms with E-state index in [1.165, 1.54) is 12.7 Å². The highest BCUT2D eigenvalue weighted by molar-refractivity contribution is 5.51. The van der Waals surface area contributed by atoms with Crippen LogP contribution in [0.3, 0.4) is 0 Å². The first-order valence-electron chi connectivity index (χ1n) is 2.37. The van der Waals surface area contributed by atoms with E-state index in [1.807, 2.05) is 0 Å². The first-order valence-corrected chi connectivity index (χ1v) is 2.37. The zero-order chi connectivity index (χ0) is 6.69. The van der Waals surface area contributed by atoms with Gasteiger partial charge in [-0.1, -0.05) is 6.58 Å². The summed E-state index contributed by atoms with van der Waals surface area (Å²) in [6, 6.07) is 0. The molecule has 0 aliphatic rings. The molecule has 1 aromatic rings. The van der Waals surface area contributed by atoms with E-state index in [0.717, 1.165) is 0 Å². The Bertz CT molecular complexity index is 205. The Labute approximate surface area is 52.5 Å². The summed E-state index contributed by atoms with van der Waals surface area (Å²) in [4.78, 5) is 11.1. The normalized spacial score (nSPS) is 8.89. The fourth-order valence-corrected chi connectivity index (χ4v) is 0.405. The Hall–Kier alpha value is -1.45. The minimum absolute atomic E-state index is 0.359. The van der Waals surface area contributed by atoms with E-state index < -0.39 is 0 Å². The van der Waals surface area contributed by atoms with E-state index in [0.29, 0.717) is 11.5 Å². The predicted molar refractivity (Wildman–Crippen MR) is 33.0 cm³/mol. The lowest BCUT2D eigenvalue weighted by molar-refractivity contribution is 1.01. The summed E-state index contributed by atoms with van der Waals surface area (Å²) in [5.74, 6) is 0.435. The van der Waals surface area contributed by atoms with Crippen LogP contribution in [0.15, 0.2) is 19.2 Å². The van der Waals surface area contributed by atoms with Gasteiger partial charge >= 0.3 is 0 Å². The van der Waals surface area contributed by atoms with Crippen LogP contribution in [0.1, 0.15) is 5.82 Å². The average molecular weight is 122 g/mol. The minimum Gasteiger partial charge on any atom is -0.396 e. The zero-order valence-corrected chi connectivity index (χ0v) is 4.78. The molecule has 0 aromatic carbocycles. The molecule has 1 aromatic heterocycles. The van der Waals surface area contributed by atoms with Crippen molar-refractivity contribution in [1.82, 2.24) is 15.0 Å². The lowest BCUT2D eigenvalue weighted by Crippen LogP contribution is -1.99. The first kappa shape index (κ1) is 5.68. The molecular formula is C5H6N4. The molecule has 4 heteroatoms. The number of hydrogen-bond donors (Lipinski definition) is 1. The first-order chi connectivity index (χ1) is 4.30. The lowest BCUT2D eigenvalue weighted by atomic mass is 10.5. The van der Waals surface area contributed by atoms with Gasteiger partial charge in [0.25, 0.3) is 0 Å². The van der Waals surface area contributed by atoms with E-state index in [-0.39, 0.29) is 0 Å². The summed E-state index contributed by atoms with van der Waals surface area (Å²) in [6.45, 7) is 3.45. The highest BCUT2D eigenvalue weighted by Crippen LogP contribution is 1.92. The van der Waals surface area contributed by atoms with Crippen LogP contribution in [0, 0.1) is 0 Å². The van der Waals surface area contributed by atoms with Crippen LogP contribution >= 0.6 is 0 Å². The minimum atomic E-state index is 0.359. The Morgan fingerprint density at radius 2 is 2.00 bits per heavy atom. The largest absolute Gasteiger partial charge is 0.396 e. The van der Waals surface area contributed by atoms with Gasteiger partial charge in [-0.3, -0.25) is 0 Å². The van der Waals surface area contributed by atoms with Gasteiger partial charge in [0.05, 0.1) is 5.70 Å². The molecule has 0 radical (unpaired) electrons. The SMILES string of the molecule is C=C(N)c1ncncn1. The van der Waals surface area contributed by atoms with Gasteiger partial charge in [-0.2, -0.15) is 0 Å². The molecule has 0 aliphatic heterocycles. The quantitative estimate of drug-likeness (QED) is 0.560. The molecule has 0 amide bonds. The van der Waals surface area contributed by atoms with E-state index in [4.69, 9.17) is 5.73 Å². The molecule has 0 bridgehead atoms. The second-order valence-corrected chi connectivity index (χ2v) is 1.49. The van der Waals surface area contributed by atoms with Gasteiger partial charge in [0, 0.05) is 0 Å². The Kier molecular flexibility index (Phi) is 1.40. The maximum atomic E-state index is 5.27. The molecule has 0 saturated carbocycles. The molecule has 4 nitrogen and oxygen atoms in total. The summed E-state index contributed by atoms with van der Waals surface area (Å²) in [7, 11) is 0. The Morgan fingerprint density at radius 1 is 1.44 bits per heavy atom. The van der Waals surface area contributed by atoms with Gasteiger partial charge in [0.15, 0.2) is 5.82 Å². The third kappa shape index (κ3) is 1.22. The third-order valence-corrected chi connectivity index (χ3v) is 0.781. The molecular weight excluding hydrogens is 116 g/mol. The van der Waals surface area contributed by atoms with Crippen LogP contribution in [0.4, 0.5) is 0 Å². The predicted octanol–water partition coefficient (Wildman–Crippen LogP) is -0.199. The van der Waals surface area contributed by atoms with Gasteiger partial charge in [-0.15, -0.1) is 0 Å². The second kappa shape index (κ2) is 2.21. The highest BCUT2D eigenvalue weighted by atomic mass is 15.0. The standard InChI is InChI=1S/C5H6N4/c1-4(6)5-8-2-7-3-9-5/h2-3H,1,6H2. The molecule has 0 spiro atoms. The van der Waals surface area contributed by atoms with Crippen LogP contribution in [-0.2, 0) is 0 Å². The van der Waals surface area contributed by atoms with Crippen molar-refractivity contribution in [3.63, 3.8) is 0 Å². The lowest BCUT2D eigenvalue weighted by Gasteiger charge is -1.91. The molecule has 0 unspecified atom stereocenters. The Morgan fingerprint density at radius 3 is 2.33 bits per heavy atom. The fraction of sp³-hybridized carbons (Fsp3) is 0. The number of aromatic nitrogens is 3. The van der Waals surface area contributed by atoms with E-state index in [2.05, 4.69) is 21.5 Å². The van der Waals surface area contributed by atoms with Crippen molar-refractivity contribution in [2.75, 3.05) is 0 Å². The molecule has 0 atom stereocenters. The Balaban J connectivity index is 2.98. The summed E-state index contributed by atoms with van der Waals surface area (Å²) in [5.41, 5.74) is 5.63. The molecule has 1 heterocycles. The average Bonchev–Trinajstić information content (AvgIpc) is 1.90. The second-order valence-electron chi connectivity index (χ2n) is 1.49. The van der Waals surface area contributed by atoms with Crippen molar-refractivity contribution in [2.24, 2.45) is 5.73 Å². The van der Waals surface area contributed by atoms with E-state index >= 15 is 0 Å². The van der Waals surface area contributed by atoms with E-state index in [9.17, 15) is 0 Å². The summed E-state index contributed by atoms with van der Waals surface area (Å²) in [6.07, 6.45) is 2.75. The fourth-order valence-electron chi connectivity index (χ4n) is 0.405. The number of nitrogens with zero attached hydrogens (tertiary/aromatic N) is 3. The van der Waals surface area contributed by atoms with Gasteiger partial charge in [-0.25, -0.2) is 15.0 Å². The molecule has 9 heavy (non-hydrogen) atoms. The van der Waals surface area contributed by atoms with Gasteiger partial charge in [0.1, 0.15) is 12.7 Å². The maximum Gasteiger partial charge on any atom is 0.177 e. The molecule has 46 valence electrons. The van der Waals surface area contributed by atoms with E-state index in [1.54, 1.807) is 0 Å². The van der Waals surface area contributed by atoms with Gasteiger partial charge in [-0.05, 0) is 0 Å². The van der Waals surface area contributed by atoms with Crippen LogP contribution in [-0.4, -0.2) is 15.0 Å². The molecule has 0 fully saturated rings. The van der Waals surface area contributed by atoms with Crippen molar-refractivity contribution >= 4 is 5.70 Å². The molecule has 0 aliphatic carbocycles. The number of nitrogens with two attached hydrogens (primary N) is 1. The smallest absolute Gasteiger partial charge is 0.177 e. The van der Waals surface area contributed by atoms with Gasteiger partial charge in [0.2, 0.25) is 0 Å².